The fourth-order valence-electron chi connectivity index (χ4n) is 2.91. The summed E-state index contributed by atoms with van der Waals surface area (Å²) >= 11 is 1.73. The van der Waals surface area contributed by atoms with Crippen molar-refractivity contribution in [1.29, 1.82) is 0 Å². The van der Waals surface area contributed by atoms with Gasteiger partial charge in [0.05, 0.1) is 0 Å². The molecule has 0 fully saturated rings. The fourth-order valence-corrected chi connectivity index (χ4v) is 3.88. The molecule has 1 unspecified atom stereocenters. The van der Waals surface area contributed by atoms with Crippen LogP contribution in [0.5, 0.6) is 0 Å². The summed E-state index contributed by atoms with van der Waals surface area (Å²) in [6, 6.07) is 8.32. The van der Waals surface area contributed by atoms with Crippen LogP contribution in [0.25, 0.3) is 10.1 Å². The number of fused-ring (bicyclic) bond motifs is 1. The molecule has 0 saturated carbocycles. The third-order valence-corrected chi connectivity index (χ3v) is 5.06. The Bertz CT molecular complexity index is 569. The number of carbonyl (C=O) groups is 1. The van der Waals surface area contributed by atoms with Gasteiger partial charge >= 0.3 is 0 Å². The maximum Gasteiger partial charge on any atom is 0.137 e. The molecule has 3 heteroatoms. The summed E-state index contributed by atoms with van der Waals surface area (Å²) in [5, 5.41) is 3.37. The monoisotopic (exact) mass is 303 g/mol. The van der Waals surface area contributed by atoms with E-state index >= 15 is 0 Å². The Labute approximate surface area is 131 Å². The second kappa shape index (κ2) is 8.30. The molecule has 0 aliphatic carbocycles. The molecule has 0 aliphatic rings. The minimum Gasteiger partial charge on any atom is -0.330 e. The molecule has 0 aliphatic heterocycles. The molecule has 0 bridgehead atoms. The van der Waals surface area contributed by atoms with Crippen LogP contribution in [0, 0.1) is 5.92 Å². The molecule has 0 spiro atoms. The van der Waals surface area contributed by atoms with Crippen molar-refractivity contribution in [2.24, 2.45) is 11.7 Å². The van der Waals surface area contributed by atoms with Gasteiger partial charge in [-0.05, 0) is 47.7 Å². The third-order valence-electron chi connectivity index (χ3n) is 4.05. The number of ketones is 1. The summed E-state index contributed by atoms with van der Waals surface area (Å²) < 4.78 is 1.27. The Balaban J connectivity index is 1.89. The van der Waals surface area contributed by atoms with E-state index in [0.29, 0.717) is 24.5 Å². The molecule has 2 N–H and O–H groups in total. The first-order chi connectivity index (χ1) is 10.2. The number of Topliss-reactive ketones (excluding diaryl/α,β-unsaturated/α-hetero) is 1. The lowest BCUT2D eigenvalue weighted by molar-refractivity contribution is -0.118. The van der Waals surface area contributed by atoms with Crippen LogP contribution >= 0.6 is 11.3 Å². The molecule has 1 heterocycles. The third kappa shape index (κ3) is 4.65. The van der Waals surface area contributed by atoms with Gasteiger partial charge in [-0.1, -0.05) is 38.0 Å². The van der Waals surface area contributed by atoms with Crippen molar-refractivity contribution < 1.29 is 4.79 Å². The highest BCUT2D eigenvalue weighted by Gasteiger charge is 2.12. The van der Waals surface area contributed by atoms with E-state index in [-0.39, 0.29) is 0 Å². The molecule has 2 nitrogen and oxygen atoms in total. The summed E-state index contributed by atoms with van der Waals surface area (Å²) in [4.78, 5) is 12.2. The van der Waals surface area contributed by atoms with E-state index in [1.54, 1.807) is 11.3 Å². The predicted molar refractivity (Wildman–Crippen MR) is 91.8 cm³/mol. The van der Waals surface area contributed by atoms with Gasteiger partial charge in [-0.2, -0.15) is 0 Å². The largest absolute Gasteiger partial charge is 0.330 e. The van der Waals surface area contributed by atoms with Crippen LogP contribution in [0.1, 0.15) is 44.6 Å². The summed E-state index contributed by atoms with van der Waals surface area (Å²) in [5.41, 5.74) is 6.84. The van der Waals surface area contributed by atoms with Crippen molar-refractivity contribution in [2.45, 2.75) is 45.4 Å². The Hall–Kier alpha value is -1.19. The molecule has 0 radical (unpaired) electrons. The molecular weight excluding hydrogens is 278 g/mol. The first kappa shape index (κ1) is 16.2. The molecule has 0 saturated heterocycles. The number of carbonyl (C=O) groups excluding carboxylic acids is 1. The highest BCUT2D eigenvalue weighted by molar-refractivity contribution is 7.17. The first-order valence-corrected chi connectivity index (χ1v) is 8.79. The minimum absolute atomic E-state index is 0.358. The summed E-state index contributed by atoms with van der Waals surface area (Å²) in [6.07, 6.45) is 5.66. The van der Waals surface area contributed by atoms with Crippen LogP contribution in [0.15, 0.2) is 29.6 Å². The number of thiophene rings is 1. The molecule has 21 heavy (non-hydrogen) atoms. The van der Waals surface area contributed by atoms with E-state index in [0.717, 1.165) is 19.4 Å². The zero-order valence-electron chi connectivity index (χ0n) is 12.8. The zero-order chi connectivity index (χ0) is 15.1. The van der Waals surface area contributed by atoms with Gasteiger partial charge in [0.2, 0.25) is 0 Å². The van der Waals surface area contributed by atoms with Gasteiger partial charge in [0.25, 0.3) is 0 Å². The van der Waals surface area contributed by atoms with Crippen molar-refractivity contribution in [2.75, 3.05) is 6.54 Å². The zero-order valence-corrected chi connectivity index (χ0v) is 13.6. The quantitative estimate of drug-likeness (QED) is 0.738. The minimum atomic E-state index is 0.358. The van der Waals surface area contributed by atoms with Gasteiger partial charge in [0.1, 0.15) is 5.78 Å². The van der Waals surface area contributed by atoms with Crippen LogP contribution in [0.4, 0.5) is 0 Å². The van der Waals surface area contributed by atoms with Crippen LogP contribution in [-0.2, 0) is 11.2 Å². The predicted octanol–water partition coefficient (Wildman–Crippen LogP) is 4.56. The van der Waals surface area contributed by atoms with Gasteiger partial charge < -0.3 is 5.73 Å². The Morgan fingerprint density at radius 2 is 2.05 bits per heavy atom. The van der Waals surface area contributed by atoms with Crippen molar-refractivity contribution in [3.05, 3.63) is 35.2 Å². The second-order valence-corrected chi connectivity index (χ2v) is 6.65. The Morgan fingerprint density at radius 1 is 1.24 bits per heavy atom. The van der Waals surface area contributed by atoms with Crippen molar-refractivity contribution >= 4 is 27.2 Å². The average Bonchev–Trinajstić information content (AvgIpc) is 2.89. The molecule has 2 aromatic rings. The number of hydrogen-bond acceptors (Lipinski definition) is 3. The number of nitrogens with two attached hydrogens (primary N) is 1. The second-order valence-electron chi connectivity index (χ2n) is 5.74. The molecule has 0 amide bonds. The maximum absolute atomic E-state index is 12.2. The van der Waals surface area contributed by atoms with E-state index in [2.05, 4.69) is 24.4 Å². The Morgan fingerprint density at radius 3 is 2.81 bits per heavy atom. The molecule has 114 valence electrons. The standard InChI is InChI=1S/C18H25NOS/c1-2-5-14(10-11-19)8-9-16(20)12-15-13-21-18-7-4-3-6-17(15)18/h3-4,6-7,13-14H,2,5,8-12,19H2,1H3. The van der Waals surface area contributed by atoms with E-state index < -0.39 is 0 Å². The highest BCUT2D eigenvalue weighted by atomic mass is 32.1. The van der Waals surface area contributed by atoms with Gasteiger partial charge in [-0.15, -0.1) is 11.3 Å². The maximum atomic E-state index is 12.2. The smallest absolute Gasteiger partial charge is 0.137 e. The van der Waals surface area contributed by atoms with E-state index in [4.69, 9.17) is 5.73 Å². The topological polar surface area (TPSA) is 43.1 Å². The lowest BCUT2D eigenvalue weighted by Crippen LogP contribution is -2.11. The number of benzene rings is 1. The van der Waals surface area contributed by atoms with E-state index in [9.17, 15) is 4.79 Å². The van der Waals surface area contributed by atoms with E-state index in [1.807, 2.05) is 12.1 Å². The average molecular weight is 303 g/mol. The van der Waals surface area contributed by atoms with E-state index in [1.165, 1.54) is 28.5 Å². The molecule has 1 aromatic carbocycles. The van der Waals surface area contributed by atoms with Gasteiger partial charge in [-0.3, -0.25) is 4.79 Å². The molecule has 1 aromatic heterocycles. The van der Waals surface area contributed by atoms with Crippen LogP contribution in [-0.4, -0.2) is 12.3 Å². The van der Waals surface area contributed by atoms with Crippen molar-refractivity contribution in [3.8, 4) is 0 Å². The summed E-state index contributed by atoms with van der Waals surface area (Å²) in [7, 11) is 0. The lowest BCUT2D eigenvalue weighted by atomic mass is 9.92. The first-order valence-electron chi connectivity index (χ1n) is 7.91. The van der Waals surface area contributed by atoms with Gasteiger partial charge in [0, 0.05) is 17.5 Å². The SMILES string of the molecule is CCCC(CCN)CCC(=O)Cc1csc2ccccc12. The van der Waals surface area contributed by atoms with Crippen molar-refractivity contribution in [1.82, 2.24) is 0 Å². The van der Waals surface area contributed by atoms with Crippen molar-refractivity contribution in [3.63, 3.8) is 0 Å². The highest BCUT2D eigenvalue weighted by Crippen LogP contribution is 2.26. The van der Waals surface area contributed by atoms with Crippen LogP contribution < -0.4 is 5.73 Å². The van der Waals surface area contributed by atoms with Crippen LogP contribution in [0.2, 0.25) is 0 Å². The summed E-state index contributed by atoms with van der Waals surface area (Å²) in [5.74, 6) is 0.972. The Kier molecular flexibility index (Phi) is 6.40. The normalized spacial score (nSPS) is 12.7. The molecule has 2 rings (SSSR count). The summed E-state index contributed by atoms with van der Waals surface area (Å²) in [6.45, 7) is 2.93. The van der Waals surface area contributed by atoms with Gasteiger partial charge in [-0.25, -0.2) is 0 Å². The fraction of sp³-hybridized carbons (Fsp3) is 0.500. The van der Waals surface area contributed by atoms with Crippen LogP contribution in [0.3, 0.4) is 0 Å². The van der Waals surface area contributed by atoms with Gasteiger partial charge in [0.15, 0.2) is 0 Å². The molecular formula is C18H25NOS. The lowest BCUT2D eigenvalue weighted by Gasteiger charge is -2.14. The number of rotatable bonds is 9. The molecule has 1 atom stereocenters. The number of hydrogen-bond donors (Lipinski definition) is 1.